The molecule has 1 atom stereocenters. The van der Waals surface area contributed by atoms with E-state index in [1.807, 2.05) is 6.92 Å². The fraction of sp³-hybridized carbons (Fsp3) is 0.200. The summed E-state index contributed by atoms with van der Waals surface area (Å²) in [5.74, 6) is 0.343. The van der Waals surface area contributed by atoms with Crippen LogP contribution >= 0.6 is 27.5 Å². The van der Waals surface area contributed by atoms with Gasteiger partial charge < -0.3 is 10.5 Å². The standard InChI is InChI=1S/C15H14BrClFNO/c1-9(19)12-7-11(17)5-6-14(12)20-8-10-3-2-4-13(18)15(10)16/h2-7,9H,8,19H2,1H3. The first-order valence-corrected chi connectivity index (χ1v) is 7.27. The Bertz CT molecular complexity index is 619. The summed E-state index contributed by atoms with van der Waals surface area (Å²) >= 11 is 9.17. The van der Waals surface area contributed by atoms with Crippen LogP contribution in [0.3, 0.4) is 0 Å². The van der Waals surface area contributed by atoms with Crippen LogP contribution < -0.4 is 10.5 Å². The molecule has 0 aliphatic carbocycles. The summed E-state index contributed by atoms with van der Waals surface area (Å²) in [6, 6.07) is 9.93. The minimum atomic E-state index is -0.311. The molecule has 2 aromatic carbocycles. The molecule has 2 aromatic rings. The van der Waals surface area contributed by atoms with Crippen LogP contribution in [-0.2, 0) is 6.61 Å². The zero-order chi connectivity index (χ0) is 14.7. The lowest BCUT2D eigenvalue weighted by Gasteiger charge is -2.15. The van der Waals surface area contributed by atoms with Crippen molar-refractivity contribution in [3.63, 3.8) is 0 Å². The maximum atomic E-state index is 13.4. The van der Waals surface area contributed by atoms with E-state index in [4.69, 9.17) is 22.1 Å². The molecule has 0 amide bonds. The highest BCUT2D eigenvalue weighted by Crippen LogP contribution is 2.29. The molecule has 0 heterocycles. The second-order valence-corrected chi connectivity index (χ2v) is 5.70. The quantitative estimate of drug-likeness (QED) is 0.848. The number of hydrogen-bond donors (Lipinski definition) is 1. The molecule has 1 unspecified atom stereocenters. The van der Waals surface area contributed by atoms with Crippen LogP contribution in [0.15, 0.2) is 40.9 Å². The van der Waals surface area contributed by atoms with Crippen molar-refractivity contribution < 1.29 is 9.13 Å². The van der Waals surface area contributed by atoms with Gasteiger partial charge in [-0.3, -0.25) is 0 Å². The van der Waals surface area contributed by atoms with Crippen LogP contribution in [-0.4, -0.2) is 0 Å². The Labute approximate surface area is 130 Å². The maximum Gasteiger partial charge on any atom is 0.137 e. The van der Waals surface area contributed by atoms with Gasteiger partial charge in [0.2, 0.25) is 0 Å². The van der Waals surface area contributed by atoms with Crippen LogP contribution in [0.5, 0.6) is 5.75 Å². The van der Waals surface area contributed by atoms with E-state index >= 15 is 0 Å². The number of hydrogen-bond acceptors (Lipinski definition) is 2. The molecule has 0 aliphatic heterocycles. The molecule has 106 valence electrons. The van der Waals surface area contributed by atoms with Crippen molar-refractivity contribution in [1.29, 1.82) is 0 Å². The van der Waals surface area contributed by atoms with E-state index in [1.165, 1.54) is 6.07 Å². The van der Waals surface area contributed by atoms with E-state index in [2.05, 4.69) is 15.9 Å². The number of rotatable bonds is 4. The molecule has 2 rings (SSSR count). The van der Waals surface area contributed by atoms with Crippen LogP contribution in [0.2, 0.25) is 5.02 Å². The zero-order valence-corrected chi connectivity index (χ0v) is 13.2. The first kappa shape index (κ1) is 15.3. The number of halogens is 3. The first-order valence-electron chi connectivity index (χ1n) is 6.09. The second-order valence-electron chi connectivity index (χ2n) is 4.47. The molecular formula is C15H14BrClFNO. The summed E-state index contributed by atoms with van der Waals surface area (Å²) in [4.78, 5) is 0. The Morgan fingerprint density at radius 3 is 2.80 bits per heavy atom. The third-order valence-corrected chi connectivity index (χ3v) is 4.00. The Kier molecular flexibility index (Phi) is 5.02. The zero-order valence-electron chi connectivity index (χ0n) is 10.9. The molecular weight excluding hydrogens is 345 g/mol. The van der Waals surface area contributed by atoms with E-state index < -0.39 is 0 Å². The molecule has 2 N–H and O–H groups in total. The first-order chi connectivity index (χ1) is 9.49. The highest BCUT2D eigenvalue weighted by molar-refractivity contribution is 9.10. The summed E-state index contributed by atoms with van der Waals surface area (Å²) in [6.07, 6.45) is 0. The van der Waals surface area contributed by atoms with Crippen LogP contribution in [0, 0.1) is 5.82 Å². The van der Waals surface area contributed by atoms with Gasteiger partial charge in [0.15, 0.2) is 0 Å². The van der Waals surface area contributed by atoms with E-state index in [0.29, 0.717) is 15.2 Å². The van der Waals surface area contributed by atoms with Gasteiger partial charge in [0.25, 0.3) is 0 Å². The van der Waals surface area contributed by atoms with Gasteiger partial charge >= 0.3 is 0 Å². The average Bonchev–Trinajstić information content (AvgIpc) is 2.41. The molecule has 0 saturated heterocycles. The van der Waals surface area contributed by atoms with Gasteiger partial charge in [0.1, 0.15) is 18.2 Å². The monoisotopic (exact) mass is 357 g/mol. The maximum absolute atomic E-state index is 13.4. The molecule has 0 aliphatic rings. The molecule has 0 aromatic heterocycles. The number of benzene rings is 2. The van der Waals surface area contributed by atoms with Gasteiger partial charge in [-0.05, 0) is 47.1 Å². The predicted molar refractivity (Wildman–Crippen MR) is 82.5 cm³/mol. The highest BCUT2D eigenvalue weighted by Gasteiger charge is 2.11. The summed E-state index contributed by atoms with van der Waals surface area (Å²) in [5, 5.41) is 0.608. The Hall–Kier alpha value is -1.10. The van der Waals surface area contributed by atoms with E-state index in [1.54, 1.807) is 30.3 Å². The lowest BCUT2D eigenvalue weighted by Crippen LogP contribution is -2.08. The minimum Gasteiger partial charge on any atom is -0.489 e. The SMILES string of the molecule is CC(N)c1cc(Cl)ccc1OCc1cccc(F)c1Br. The minimum absolute atomic E-state index is 0.195. The summed E-state index contributed by atoms with van der Waals surface area (Å²) in [6.45, 7) is 2.11. The highest BCUT2D eigenvalue weighted by atomic mass is 79.9. The fourth-order valence-electron chi connectivity index (χ4n) is 1.82. The van der Waals surface area contributed by atoms with Gasteiger partial charge in [0.05, 0.1) is 4.47 Å². The van der Waals surface area contributed by atoms with Crippen LogP contribution in [0.25, 0.3) is 0 Å². The number of nitrogens with two attached hydrogens (primary N) is 1. The van der Waals surface area contributed by atoms with E-state index in [0.717, 1.165) is 11.1 Å². The van der Waals surface area contributed by atoms with Gasteiger partial charge in [-0.15, -0.1) is 0 Å². The molecule has 5 heteroatoms. The Morgan fingerprint density at radius 2 is 2.10 bits per heavy atom. The third-order valence-electron chi connectivity index (χ3n) is 2.88. The Morgan fingerprint density at radius 1 is 1.35 bits per heavy atom. The molecule has 20 heavy (non-hydrogen) atoms. The van der Waals surface area contributed by atoms with Crippen molar-refractivity contribution in [1.82, 2.24) is 0 Å². The summed E-state index contributed by atoms with van der Waals surface area (Å²) in [7, 11) is 0. The topological polar surface area (TPSA) is 35.2 Å². The fourth-order valence-corrected chi connectivity index (χ4v) is 2.38. The predicted octanol–water partition coefficient (Wildman–Crippen LogP) is 4.84. The van der Waals surface area contributed by atoms with Crippen molar-refractivity contribution in [2.45, 2.75) is 19.6 Å². The molecule has 0 fully saturated rings. The smallest absolute Gasteiger partial charge is 0.137 e. The van der Waals surface area contributed by atoms with E-state index in [-0.39, 0.29) is 18.5 Å². The lowest BCUT2D eigenvalue weighted by molar-refractivity contribution is 0.300. The molecule has 0 bridgehead atoms. The van der Waals surface area contributed by atoms with Crippen molar-refractivity contribution in [2.75, 3.05) is 0 Å². The van der Waals surface area contributed by atoms with Crippen molar-refractivity contribution in [3.05, 3.63) is 62.8 Å². The van der Waals surface area contributed by atoms with Gasteiger partial charge in [0, 0.05) is 22.2 Å². The summed E-state index contributed by atoms with van der Waals surface area (Å²) < 4.78 is 19.6. The van der Waals surface area contributed by atoms with Crippen molar-refractivity contribution in [3.8, 4) is 5.75 Å². The van der Waals surface area contributed by atoms with Gasteiger partial charge in [-0.25, -0.2) is 4.39 Å². The average molecular weight is 359 g/mol. The van der Waals surface area contributed by atoms with Crippen molar-refractivity contribution in [2.24, 2.45) is 5.73 Å². The summed E-state index contributed by atoms with van der Waals surface area (Å²) in [5.41, 5.74) is 7.45. The third kappa shape index (κ3) is 3.51. The Balaban J connectivity index is 2.21. The molecule has 0 radical (unpaired) electrons. The second kappa shape index (κ2) is 6.57. The van der Waals surface area contributed by atoms with Crippen molar-refractivity contribution >= 4 is 27.5 Å². The molecule has 2 nitrogen and oxygen atoms in total. The van der Waals surface area contributed by atoms with E-state index in [9.17, 15) is 4.39 Å². The van der Waals surface area contributed by atoms with Crippen LogP contribution in [0.1, 0.15) is 24.1 Å². The number of ether oxygens (including phenoxy) is 1. The molecule has 0 saturated carbocycles. The van der Waals surface area contributed by atoms with Gasteiger partial charge in [-0.1, -0.05) is 23.7 Å². The van der Waals surface area contributed by atoms with Crippen LogP contribution in [0.4, 0.5) is 4.39 Å². The molecule has 0 spiro atoms. The van der Waals surface area contributed by atoms with Gasteiger partial charge in [-0.2, -0.15) is 0 Å². The largest absolute Gasteiger partial charge is 0.489 e. The lowest BCUT2D eigenvalue weighted by atomic mass is 10.1. The normalized spacial score (nSPS) is 12.2.